The minimum absolute atomic E-state index is 0.00522. The first-order valence-corrected chi connectivity index (χ1v) is 12.5. The van der Waals surface area contributed by atoms with Gasteiger partial charge in [-0.25, -0.2) is 9.18 Å². The summed E-state index contributed by atoms with van der Waals surface area (Å²) in [6, 6.07) is 9.57. The van der Waals surface area contributed by atoms with Crippen molar-refractivity contribution in [2.75, 3.05) is 13.2 Å². The maximum absolute atomic E-state index is 14.4. The molecule has 0 aromatic heterocycles. The van der Waals surface area contributed by atoms with E-state index < -0.39 is 11.8 Å². The molecule has 0 unspecified atom stereocenters. The van der Waals surface area contributed by atoms with E-state index in [1.807, 2.05) is 19.1 Å². The lowest BCUT2D eigenvalue weighted by Gasteiger charge is -2.16. The van der Waals surface area contributed by atoms with E-state index in [0.717, 1.165) is 18.4 Å². The van der Waals surface area contributed by atoms with Crippen molar-refractivity contribution in [1.82, 2.24) is 0 Å². The maximum Gasteiger partial charge on any atom is 0.335 e. The van der Waals surface area contributed by atoms with E-state index in [1.54, 1.807) is 12.1 Å². The minimum atomic E-state index is -1.14. The van der Waals surface area contributed by atoms with Gasteiger partial charge in [-0.15, -0.1) is 0 Å². The zero-order valence-electron chi connectivity index (χ0n) is 20.8. The van der Waals surface area contributed by atoms with Gasteiger partial charge < -0.3 is 26.0 Å². The van der Waals surface area contributed by atoms with Gasteiger partial charge in [0, 0.05) is 34.7 Å². The van der Waals surface area contributed by atoms with E-state index in [9.17, 15) is 19.1 Å². The molecule has 1 fully saturated rings. The van der Waals surface area contributed by atoms with E-state index in [0.29, 0.717) is 27.4 Å². The number of Topliss-reactive ketones (excluding diaryl/α,β-unsaturated/α-hetero) is 1. The third-order valence-corrected chi connectivity index (χ3v) is 6.58. The summed E-state index contributed by atoms with van der Waals surface area (Å²) in [6.07, 6.45) is 5.86. The summed E-state index contributed by atoms with van der Waals surface area (Å²) in [7, 11) is 0. The highest BCUT2D eigenvalue weighted by Gasteiger charge is 2.33. The number of carboxylic acid groups (broad SMARTS) is 1. The number of carbonyl (C=O) groups is 2. The zero-order valence-corrected chi connectivity index (χ0v) is 21.6. The Labute approximate surface area is 224 Å². The van der Waals surface area contributed by atoms with Gasteiger partial charge in [-0.1, -0.05) is 35.9 Å². The first-order chi connectivity index (χ1) is 18.2. The lowest BCUT2D eigenvalue weighted by atomic mass is 9.98. The molecule has 198 valence electrons. The van der Waals surface area contributed by atoms with Gasteiger partial charge >= 0.3 is 5.97 Å². The third-order valence-electron chi connectivity index (χ3n) is 6.26. The van der Waals surface area contributed by atoms with Crippen LogP contribution >= 0.6 is 11.6 Å². The van der Waals surface area contributed by atoms with Gasteiger partial charge in [0.15, 0.2) is 5.78 Å². The summed E-state index contributed by atoms with van der Waals surface area (Å²) in [5.41, 5.74) is 15.1. The van der Waals surface area contributed by atoms with Crippen LogP contribution in [0.2, 0.25) is 5.02 Å². The van der Waals surface area contributed by atoms with E-state index in [4.69, 9.17) is 32.5 Å². The average Bonchev–Trinajstić information content (AvgIpc) is 3.70. The van der Waals surface area contributed by atoms with Gasteiger partial charge in [0.1, 0.15) is 17.3 Å². The Hall–Kier alpha value is -3.88. The summed E-state index contributed by atoms with van der Waals surface area (Å²) in [5.74, 6) is -1.41. The number of aromatic carboxylic acids is 1. The molecule has 5 N–H and O–H groups in total. The standard InChI is InChI=1S/C29H28ClFN2O5/c1-16-4-2-5-22(30)26(16)27(33)21(28(34)17-7-8-17)15-37-11-3-6-24-23(32)14-20(31)12-18-9-10-19(29(35)36)13-25(18)38-24/h2-6,9-10,12-13,17H,7-8,11,14-15,32-33H2,1H3,(H,35,36)/b6-3-,20-12+,24-23+,27-21?. The second-order valence-corrected chi connectivity index (χ2v) is 9.60. The van der Waals surface area contributed by atoms with Crippen LogP contribution in [0.25, 0.3) is 11.8 Å². The number of ether oxygens (including phenoxy) is 2. The molecule has 0 radical (unpaired) electrons. The topological polar surface area (TPSA) is 125 Å². The van der Waals surface area contributed by atoms with Crippen LogP contribution in [0, 0.1) is 12.8 Å². The predicted molar refractivity (Wildman–Crippen MR) is 144 cm³/mol. The maximum atomic E-state index is 14.4. The Morgan fingerprint density at radius 3 is 2.71 bits per heavy atom. The van der Waals surface area contributed by atoms with Crippen LogP contribution in [0.15, 0.2) is 71.4 Å². The van der Waals surface area contributed by atoms with Crippen LogP contribution in [-0.2, 0) is 9.53 Å². The average molecular weight is 539 g/mol. The molecule has 7 nitrogen and oxygen atoms in total. The number of allylic oxidation sites excluding steroid dienone is 2. The summed E-state index contributed by atoms with van der Waals surface area (Å²) in [6.45, 7) is 1.93. The molecule has 0 saturated heterocycles. The summed E-state index contributed by atoms with van der Waals surface area (Å²) < 4.78 is 26.0. The van der Waals surface area contributed by atoms with Gasteiger partial charge in [0.25, 0.3) is 0 Å². The van der Waals surface area contributed by atoms with E-state index >= 15 is 0 Å². The zero-order chi connectivity index (χ0) is 27.4. The minimum Gasteiger partial charge on any atom is -0.478 e. The van der Waals surface area contributed by atoms with Crippen molar-refractivity contribution in [3.63, 3.8) is 0 Å². The van der Waals surface area contributed by atoms with Gasteiger partial charge in [-0.2, -0.15) is 0 Å². The van der Waals surface area contributed by atoms with E-state index in [1.165, 1.54) is 30.4 Å². The Balaban J connectivity index is 1.51. The van der Waals surface area contributed by atoms with Crippen molar-refractivity contribution < 1.29 is 28.6 Å². The van der Waals surface area contributed by atoms with E-state index in [2.05, 4.69) is 0 Å². The molecule has 1 heterocycles. The smallest absolute Gasteiger partial charge is 0.335 e. The number of nitrogens with two attached hydrogens (primary N) is 2. The first-order valence-electron chi connectivity index (χ1n) is 12.1. The molecule has 2 aromatic carbocycles. The normalized spacial score (nSPS) is 19.5. The summed E-state index contributed by atoms with van der Waals surface area (Å²) in [4.78, 5) is 24.3. The molecular formula is C29H28ClFN2O5. The van der Waals surface area contributed by atoms with E-state index in [-0.39, 0.29) is 54.1 Å². The Morgan fingerprint density at radius 1 is 1.26 bits per heavy atom. The molecule has 9 heteroatoms. The number of fused-ring (bicyclic) bond motifs is 1. The largest absolute Gasteiger partial charge is 0.478 e. The predicted octanol–water partition coefficient (Wildman–Crippen LogP) is 5.53. The van der Waals surface area contributed by atoms with Crippen molar-refractivity contribution in [1.29, 1.82) is 0 Å². The molecule has 1 aliphatic carbocycles. The van der Waals surface area contributed by atoms with Gasteiger partial charge in [0.05, 0.1) is 29.5 Å². The fraction of sp³-hybridized carbons (Fsp3) is 0.241. The number of benzene rings is 2. The number of carbonyl (C=O) groups excluding carboxylic acids is 1. The van der Waals surface area contributed by atoms with Crippen molar-refractivity contribution in [3.8, 4) is 5.75 Å². The van der Waals surface area contributed by atoms with Crippen LogP contribution in [0.3, 0.4) is 0 Å². The van der Waals surface area contributed by atoms with Crippen LogP contribution < -0.4 is 16.2 Å². The highest BCUT2D eigenvalue weighted by Crippen LogP contribution is 2.35. The fourth-order valence-corrected chi connectivity index (χ4v) is 4.39. The van der Waals surface area contributed by atoms with Crippen molar-refractivity contribution >= 4 is 35.1 Å². The van der Waals surface area contributed by atoms with Crippen LogP contribution in [-0.4, -0.2) is 30.1 Å². The van der Waals surface area contributed by atoms with Crippen LogP contribution in [0.1, 0.15) is 46.3 Å². The number of carboxylic acids is 1. The number of rotatable bonds is 9. The molecule has 2 aliphatic rings. The number of aryl methyl sites for hydroxylation is 1. The molecule has 0 spiro atoms. The lowest BCUT2D eigenvalue weighted by Crippen LogP contribution is -2.17. The second-order valence-electron chi connectivity index (χ2n) is 9.20. The molecule has 1 aliphatic heterocycles. The molecular weight excluding hydrogens is 511 g/mol. The number of ketones is 1. The highest BCUT2D eigenvalue weighted by atomic mass is 35.5. The lowest BCUT2D eigenvalue weighted by molar-refractivity contribution is -0.117. The molecule has 0 bridgehead atoms. The Bertz CT molecular complexity index is 1390. The highest BCUT2D eigenvalue weighted by molar-refractivity contribution is 6.32. The molecule has 38 heavy (non-hydrogen) atoms. The Kier molecular flexibility index (Phi) is 8.34. The quantitative estimate of drug-likeness (QED) is 0.283. The number of hydrogen-bond acceptors (Lipinski definition) is 6. The van der Waals surface area contributed by atoms with Gasteiger partial charge in [-0.3, -0.25) is 4.79 Å². The van der Waals surface area contributed by atoms with Gasteiger partial charge in [0.2, 0.25) is 0 Å². The monoisotopic (exact) mass is 538 g/mol. The SMILES string of the molecule is Cc1cccc(Cl)c1C(N)=C(COC/C=C\C1=C(/N)C/C(F)=C\c2ccc(C(=O)O)cc2O1)C(=O)C1CC1. The molecule has 4 rings (SSSR count). The number of hydrogen-bond donors (Lipinski definition) is 3. The fourth-order valence-electron chi connectivity index (χ4n) is 4.07. The van der Waals surface area contributed by atoms with Crippen molar-refractivity contribution in [3.05, 3.63) is 98.7 Å². The summed E-state index contributed by atoms with van der Waals surface area (Å²) in [5, 5.41) is 9.75. The van der Waals surface area contributed by atoms with Gasteiger partial charge in [-0.05, 0) is 55.7 Å². The first kappa shape index (κ1) is 27.2. The third kappa shape index (κ3) is 6.33. The number of halogens is 2. The molecule has 0 atom stereocenters. The van der Waals surface area contributed by atoms with Crippen molar-refractivity contribution in [2.45, 2.75) is 26.2 Å². The second kappa shape index (κ2) is 11.7. The van der Waals surface area contributed by atoms with Crippen molar-refractivity contribution in [2.24, 2.45) is 17.4 Å². The molecule has 1 saturated carbocycles. The molecule has 0 amide bonds. The van der Waals surface area contributed by atoms with Crippen LogP contribution in [0.5, 0.6) is 5.75 Å². The summed E-state index contributed by atoms with van der Waals surface area (Å²) >= 11 is 6.38. The molecule has 2 aromatic rings. The Morgan fingerprint density at radius 2 is 2.03 bits per heavy atom. The van der Waals surface area contributed by atoms with Crippen LogP contribution in [0.4, 0.5) is 4.39 Å².